The van der Waals surface area contributed by atoms with E-state index in [1.165, 1.54) is 3.97 Å². The van der Waals surface area contributed by atoms with Gasteiger partial charge in [0.25, 0.3) is 10.0 Å². The van der Waals surface area contributed by atoms with Crippen LogP contribution in [0.5, 0.6) is 0 Å². The van der Waals surface area contributed by atoms with E-state index in [-0.39, 0.29) is 4.90 Å². The number of hydrogen-bond acceptors (Lipinski definition) is 3. The summed E-state index contributed by atoms with van der Waals surface area (Å²) in [6.45, 7) is 5.53. The summed E-state index contributed by atoms with van der Waals surface area (Å²) < 4.78 is 28.5. The maximum Gasteiger partial charge on any atom is 0.269 e. The van der Waals surface area contributed by atoms with Crippen LogP contribution in [0.4, 0.5) is 0 Å². The van der Waals surface area contributed by atoms with Gasteiger partial charge in [-0.3, -0.25) is 0 Å². The van der Waals surface area contributed by atoms with Crippen molar-refractivity contribution in [3.8, 4) is 11.4 Å². The van der Waals surface area contributed by atoms with Crippen molar-refractivity contribution in [1.82, 2.24) is 8.96 Å². The summed E-state index contributed by atoms with van der Waals surface area (Å²) in [4.78, 5) is 4.69. The van der Waals surface area contributed by atoms with Crippen LogP contribution in [0.25, 0.3) is 11.4 Å². The van der Waals surface area contributed by atoms with E-state index in [4.69, 9.17) is 0 Å². The Balaban J connectivity index is 2.25. The van der Waals surface area contributed by atoms with Crippen LogP contribution in [0.15, 0.2) is 58.0 Å². The van der Waals surface area contributed by atoms with Gasteiger partial charge in [-0.2, -0.15) is 0 Å². The Bertz CT molecular complexity index is 1010. The number of aryl methyl sites for hydroxylation is 3. The van der Waals surface area contributed by atoms with Gasteiger partial charge >= 0.3 is 0 Å². The molecule has 2 aromatic carbocycles. The number of halogens is 1. The summed E-state index contributed by atoms with van der Waals surface area (Å²) in [5.41, 5.74) is 3.12. The first-order chi connectivity index (χ1) is 11.3. The first-order valence-corrected chi connectivity index (χ1v) is 9.68. The molecule has 0 bridgehead atoms. The van der Waals surface area contributed by atoms with Gasteiger partial charge < -0.3 is 0 Å². The average Bonchev–Trinajstić information content (AvgIpc) is 2.94. The maximum atomic E-state index is 13.2. The van der Waals surface area contributed by atoms with E-state index in [1.54, 1.807) is 26.1 Å². The molecule has 1 heterocycles. The Morgan fingerprint density at radius 3 is 2.33 bits per heavy atom. The Morgan fingerprint density at radius 2 is 1.67 bits per heavy atom. The summed E-state index contributed by atoms with van der Waals surface area (Å²) in [7, 11) is -3.74. The quantitative estimate of drug-likeness (QED) is 0.646. The van der Waals surface area contributed by atoms with Crippen molar-refractivity contribution < 1.29 is 8.42 Å². The third-order valence-electron chi connectivity index (χ3n) is 3.82. The summed E-state index contributed by atoms with van der Waals surface area (Å²) in [5, 5.41) is 0. The first-order valence-electron chi connectivity index (χ1n) is 7.44. The standard InChI is InChI=1S/C18H17BrN2O2S/c1-12-9-13(2)17(10-16(12)19)24(22,23)21-11-14(3)20-18(21)15-7-5-4-6-8-15/h4-11H,1-3H3. The second kappa shape index (κ2) is 6.18. The summed E-state index contributed by atoms with van der Waals surface area (Å²) >= 11 is 3.42. The predicted molar refractivity (Wildman–Crippen MR) is 98.6 cm³/mol. The molecule has 0 radical (unpaired) electrons. The lowest BCUT2D eigenvalue weighted by Crippen LogP contribution is -2.15. The number of nitrogens with zero attached hydrogens (tertiary/aromatic N) is 2. The zero-order chi connectivity index (χ0) is 17.5. The molecule has 0 aliphatic heterocycles. The summed E-state index contributed by atoms with van der Waals surface area (Å²) in [6, 6.07) is 12.8. The van der Waals surface area contributed by atoms with Crippen LogP contribution in [0.1, 0.15) is 16.8 Å². The molecule has 0 aliphatic carbocycles. The van der Waals surface area contributed by atoms with E-state index >= 15 is 0 Å². The minimum absolute atomic E-state index is 0.273. The zero-order valence-corrected chi connectivity index (χ0v) is 16.0. The predicted octanol–water partition coefficient (Wildman–Crippen LogP) is 4.47. The second-order valence-electron chi connectivity index (χ2n) is 5.74. The van der Waals surface area contributed by atoms with Crippen molar-refractivity contribution in [1.29, 1.82) is 0 Å². The molecule has 0 aliphatic rings. The molecule has 124 valence electrons. The average molecular weight is 405 g/mol. The molecular weight excluding hydrogens is 388 g/mol. The van der Waals surface area contributed by atoms with Crippen LogP contribution in [-0.4, -0.2) is 17.4 Å². The minimum atomic E-state index is -3.74. The van der Waals surface area contributed by atoms with Gasteiger partial charge in [-0.05, 0) is 38.0 Å². The van der Waals surface area contributed by atoms with E-state index in [0.29, 0.717) is 17.1 Å². The van der Waals surface area contributed by atoms with E-state index in [0.717, 1.165) is 15.6 Å². The molecule has 0 atom stereocenters. The third-order valence-corrected chi connectivity index (χ3v) is 6.47. The molecule has 0 fully saturated rings. The molecule has 0 unspecified atom stereocenters. The van der Waals surface area contributed by atoms with Crippen LogP contribution < -0.4 is 0 Å². The number of imidazole rings is 1. The fourth-order valence-corrected chi connectivity index (χ4v) is 4.73. The van der Waals surface area contributed by atoms with Crippen LogP contribution in [0.2, 0.25) is 0 Å². The Labute approximate surface area is 150 Å². The molecule has 3 rings (SSSR count). The van der Waals surface area contributed by atoms with Gasteiger partial charge in [0.1, 0.15) is 0 Å². The topological polar surface area (TPSA) is 52.0 Å². The van der Waals surface area contributed by atoms with Crippen molar-refractivity contribution in [2.45, 2.75) is 25.7 Å². The Hall–Kier alpha value is -1.92. The molecular formula is C18H17BrN2O2S. The lowest BCUT2D eigenvalue weighted by Gasteiger charge is -2.13. The number of benzene rings is 2. The van der Waals surface area contributed by atoms with Crippen molar-refractivity contribution in [2.24, 2.45) is 0 Å². The minimum Gasteiger partial charge on any atom is -0.233 e. The summed E-state index contributed by atoms with van der Waals surface area (Å²) in [6.07, 6.45) is 1.56. The molecule has 0 N–H and O–H groups in total. The fraction of sp³-hybridized carbons (Fsp3) is 0.167. The first kappa shape index (κ1) is 16.9. The van der Waals surface area contributed by atoms with Crippen molar-refractivity contribution in [3.63, 3.8) is 0 Å². The van der Waals surface area contributed by atoms with Crippen LogP contribution >= 0.6 is 15.9 Å². The van der Waals surface area contributed by atoms with Gasteiger partial charge in [0.2, 0.25) is 0 Å². The molecule has 6 heteroatoms. The SMILES string of the molecule is Cc1cn(S(=O)(=O)c2cc(Br)c(C)cc2C)c(-c2ccccc2)n1. The maximum absolute atomic E-state index is 13.2. The molecule has 24 heavy (non-hydrogen) atoms. The summed E-state index contributed by atoms with van der Waals surface area (Å²) in [5.74, 6) is 0.421. The fourth-order valence-electron chi connectivity index (χ4n) is 2.63. The molecule has 3 aromatic rings. The van der Waals surface area contributed by atoms with Gasteiger partial charge in [0, 0.05) is 16.2 Å². The molecule has 0 spiro atoms. The van der Waals surface area contributed by atoms with Crippen molar-refractivity contribution in [3.05, 3.63) is 70.0 Å². The highest BCUT2D eigenvalue weighted by atomic mass is 79.9. The van der Waals surface area contributed by atoms with Gasteiger partial charge in [-0.25, -0.2) is 17.4 Å². The smallest absolute Gasteiger partial charge is 0.233 e. The van der Waals surface area contributed by atoms with Gasteiger partial charge in [0.15, 0.2) is 5.82 Å². The van der Waals surface area contributed by atoms with Crippen molar-refractivity contribution in [2.75, 3.05) is 0 Å². The van der Waals surface area contributed by atoms with E-state index in [2.05, 4.69) is 20.9 Å². The zero-order valence-electron chi connectivity index (χ0n) is 13.6. The normalized spacial score (nSPS) is 11.7. The van der Waals surface area contributed by atoms with E-state index in [9.17, 15) is 8.42 Å². The molecule has 0 saturated carbocycles. The number of rotatable bonds is 3. The number of hydrogen-bond donors (Lipinski definition) is 0. The van der Waals surface area contributed by atoms with Gasteiger partial charge in [-0.1, -0.05) is 52.3 Å². The molecule has 1 aromatic heterocycles. The highest BCUT2D eigenvalue weighted by Gasteiger charge is 2.24. The lowest BCUT2D eigenvalue weighted by atomic mass is 10.2. The highest BCUT2D eigenvalue weighted by Crippen LogP contribution is 2.29. The Kier molecular flexibility index (Phi) is 4.36. The van der Waals surface area contributed by atoms with Gasteiger partial charge in [-0.15, -0.1) is 0 Å². The van der Waals surface area contributed by atoms with Crippen LogP contribution in [0.3, 0.4) is 0 Å². The highest BCUT2D eigenvalue weighted by molar-refractivity contribution is 9.10. The van der Waals surface area contributed by atoms with E-state index < -0.39 is 10.0 Å². The van der Waals surface area contributed by atoms with E-state index in [1.807, 2.05) is 43.3 Å². The van der Waals surface area contributed by atoms with Crippen LogP contribution in [-0.2, 0) is 10.0 Å². The van der Waals surface area contributed by atoms with Crippen molar-refractivity contribution >= 4 is 26.0 Å². The molecule has 0 amide bonds. The van der Waals surface area contributed by atoms with Crippen LogP contribution in [0, 0.1) is 20.8 Å². The number of aromatic nitrogens is 2. The lowest BCUT2D eigenvalue weighted by molar-refractivity contribution is 0.587. The Morgan fingerprint density at radius 1 is 1.00 bits per heavy atom. The third kappa shape index (κ3) is 2.91. The van der Waals surface area contributed by atoms with Gasteiger partial charge in [0.05, 0.1) is 10.6 Å². The molecule has 4 nitrogen and oxygen atoms in total. The molecule has 0 saturated heterocycles. The monoisotopic (exact) mass is 404 g/mol. The largest absolute Gasteiger partial charge is 0.269 e. The second-order valence-corrected chi connectivity index (χ2v) is 8.38.